The molecule has 0 aromatic carbocycles. The first-order valence-corrected chi connectivity index (χ1v) is 4.61. The van der Waals surface area contributed by atoms with Crippen LogP contribution >= 0.6 is 0 Å². The molecule has 0 radical (unpaired) electrons. The van der Waals surface area contributed by atoms with Gasteiger partial charge in [-0.1, -0.05) is 6.92 Å². The lowest BCUT2D eigenvalue weighted by molar-refractivity contribution is 0.101. The van der Waals surface area contributed by atoms with Gasteiger partial charge in [-0.05, 0) is 37.8 Å². The van der Waals surface area contributed by atoms with Crippen LogP contribution in [-0.2, 0) is 0 Å². The summed E-state index contributed by atoms with van der Waals surface area (Å²) in [6.45, 7) is 4.09. The molecule has 0 atom stereocenters. The molecule has 0 amide bonds. The van der Waals surface area contributed by atoms with Crippen molar-refractivity contribution in [2.75, 3.05) is 13.1 Å². The first-order chi connectivity index (χ1) is 5.62. The van der Waals surface area contributed by atoms with Gasteiger partial charge in [0.2, 0.25) is 6.43 Å². The lowest BCUT2D eigenvalue weighted by Crippen LogP contribution is -2.34. The Labute approximate surface area is 72.5 Å². The van der Waals surface area contributed by atoms with E-state index in [0.29, 0.717) is 6.42 Å². The number of hydrogen-bond donors (Lipinski definition) is 1. The predicted octanol–water partition coefficient (Wildman–Crippen LogP) is 2.42. The molecule has 72 valence electrons. The Morgan fingerprint density at radius 2 is 1.92 bits per heavy atom. The normalized spacial score (nSPS) is 23.0. The fourth-order valence-electron chi connectivity index (χ4n) is 1.74. The van der Waals surface area contributed by atoms with Crippen LogP contribution < -0.4 is 5.32 Å². The number of alkyl halides is 2. The maximum Gasteiger partial charge on any atom is 0.238 e. The average Bonchev–Trinajstić information content (AvgIpc) is 2.03. The van der Waals surface area contributed by atoms with Crippen LogP contribution in [-0.4, -0.2) is 19.5 Å². The van der Waals surface area contributed by atoms with Gasteiger partial charge in [-0.25, -0.2) is 8.78 Å². The van der Waals surface area contributed by atoms with E-state index in [0.717, 1.165) is 25.9 Å². The van der Waals surface area contributed by atoms with Crippen molar-refractivity contribution in [3.05, 3.63) is 0 Å². The van der Waals surface area contributed by atoms with Gasteiger partial charge in [-0.3, -0.25) is 0 Å². The molecule has 0 aromatic rings. The Bertz CT molecular complexity index is 130. The zero-order chi connectivity index (χ0) is 9.03. The Balaban J connectivity index is 2.26. The van der Waals surface area contributed by atoms with E-state index >= 15 is 0 Å². The fourth-order valence-corrected chi connectivity index (χ4v) is 1.74. The molecule has 0 bridgehead atoms. The number of halogens is 2. The Morgan fingerprint density at radius 3 is 2.42 bits per heavy atom. The molecule has 0 unspecified atom stereocenters. The van der Waals surface area contributed by atoms with Crippen molar-refractivity contribution in [2.24, 2.45) is 5.41 Å². The molecule has 1 heterocycles. The summed E-state index contributed by atoms with van der Waals surface area (Å²) >= 11 is 0. The molecular formula is C9H17F2N. The van der Waals surface area contributed by atoms with Crippen LogP contribution in [0.4, 0.5) is 8.78 Å². The predicted molar refractivity (Wildman–Crippen MR) is 45.4 cm³/mol. The van der Waals surface area contributed by atoms with E-state index in [1.165, 1.54) is 0 Å². The largest absolute Gasteiger partial charge is 0.317 e. The van der Waals surface area contributed by atoms with Crippen molar-refractivity contribution >= 4 is 0 Å². The van der Waals surface area contributed by atoms with E-state index in [1.807, 2.05) is 0 Å². The maximum absolute atomic E-state index is 11.9. The summed E-state index contributed by atoms with van der Waals surface area (Å²) in [5.74, 6) is 0. The molecule has 1 rings (SSSR count). The van der Waals surface area contributed by atoms with Gasteiger partial charge in [0.25, 0.3) is 0 Å². The van der Waals surface area contributed by atoms with Crippen molar-refractivity contribution in [1.82, 2.24) is 5.32 Å². The van der Waals surface area contributed by atoms with Crippen LogP contribution in [0.3, 0.4) is 0 Å². The second-order valence-corrected chi connectivity index (χ2v) is 3.99. The smallest absolute Gasteiger partial charge is 0.238 e. The van der Waals surface area contributed by atoms with Crippen LogP contribution in [0, 0.1) is 5.41 Å². The fraction of sp³-hybridized carbons (Fsp3) is 1.00. The molecule has 0 aliphatic carbocycles. The lowest BCUT2D eigenvalue weighted by atomic mass is 9.77. The van der Waals surface area contributed by atoms with Crippen molar-refractivity contribution in [3.63, 3.8) is 0 Å². The Hall–Kier alpha value is -0.180. The zero-order valence-electron chi connectivity index (χ0n) is 7.58. The van der Waals surface area contributed by atoms with Gasteiger partial charge in [0.1, 0.15) is 0 Å². The van der Waals surface area contributed by atoms with E-state index in [2.05, 4.69) is 12.2 Å². The highest BCUT2D eigenvalue weighted by Gasteiger charge is 2.27. The highest BCUT2D eigenvalue weighted by molar-refractivity contribution is 4.80. The maximum atomic E-state index is 11.9. The van der Waals surface area contributed by atoms with E-state index in [1.54, 1.807) is 0 Å². The molecule has 12 heavy (non-hydrogen) atoms. The molecule has 1 fully saturated rings. The molecule has 1 N–H and O–H groups in total. The minimum Gasteiger partial charge on any atom is -0.317 e. The van der Waals surface area contributed by atoms with Crippen LogP contribution in [0.25, 0.3) is 0 Å². The summed E-state index contributed by atoms with van der Waals surface area (Å²) in [6, 6.07) is 0. The van der Waals surface area contributed by atoms with Crippen molar-refractivity contribution in [3.8, 4) is 0 Å². The number of rotatable bonds is 3. The van der Waals surface area contributed by atoms with Gasteiger partial charge in [-0.15, -0.1) is 0 Å². The van der Waals surface area contributed by atoms with Gasteiger partial charge >= 0.3 is 0 Å². The zero-order valence-corrected chi connectivity index (χ0v) is 7.58. The molecule has 0 saturated carbocycles. The van der Waals surface area contributed by atoms with Crippen molar-refractivity contribution in [1.29, 1.82) is 0 Å². The highest BCUT2D eigenvalue weighted by Crippen LogP contribution is 2.33. The summed E-state index contributed by atoms with van der Waals surface area (Å²) < 4.78 is 23.9. The minimum absolute atomic E-state index is 0.0660. The molecule has 1 aliphatic heterocycles. The molecule has 1 aliphatic rings. The van der Waals surface area contributed by atoms with E-state index in [4.69, 9.17) is 0 Å². The van der Waals surface area contributed by atoms with E-state index in [-0.39, 0.29) is 11.8 Å². The van der Waals surface area contributed by atoms with E-state index in [9.17, 15) is 8.78 Å². The highest BCUT2D eigenvalue weighted by atomic mass is 19.3. The van der Waals surface area contributed by atoms with Gasteiger partial charge in [0.05, 0.1) is 0 Å². The third-order valence-electron chi connectivity index (χ3n) is 2.78. The summed E-state index contributed by atoms with van der Waals surface area (Å²) in [4.78, 5) is 0. The molecule has 3 heteroatoms. The minimum atomic E-state index is -2.13. The van der Waals surface area contributed by atoms with Crippen molar-refractivity contribution in [2.45, 2.75) is 39.0 Å². The average molecular weight is 177 g/mol. The molecular weight excluding hydrogens is 160 g/mol. The van der Waals surface area contributed by atoms with Crippen LogP contribution in [0.15, 0.2) is 0 Å². The molecule has 1 nitrogen and oxygen atoms in total. The third-order valence-corrected chi connectivity index (χ3v) is 2.78. The second kappa shape index (κ2) is 4.17. The van der Waals surface area contributed by atoms with Gasteiger partial charge in [0, 0.05) is 6.42 Å². The SMILES string of the molecule is CC1(CCC(F)F)CCNCC1. The van der Waals surface area contributed by atoms with Gasteiger partial charge < -0.3 is 5.32 Å². The topological polar surface area (TPSA) is 12.0 Å². The van der Waals surface area contributed by atoms with Crippen LogP contribution in [0.5, 0.6) is 0 Å². The summed E-state index contributed by atoms with van der Waals surface area (Å²) in [7, 11) is 0. The standard InChI is InChI=1S/C9H17F2N/c1-9(3-2-8(10)11)4-6-12-7-5-9/h8,12H,2-7H2,1H3. The lowest BCUT2D eigenvalue weighted by Gasteiger charge is -2.34. The van der Waals surface area contributed by atoms with Gasteiger partial charge in [0.15, 0.2) is 0 Å². The Kier molecular flexibility index (Phi) is 3.44. The summed E-state index contributed by atoms with van der Waals surface area (Å²) in [5, 5.41) is 3.24. The Morgan fingerprint density at radius 1 is 1.33 bits per heavy atom. The van der Waals surface area contributed by atoms with Gasteiger partial charge in [-0.2, -0.15) is 0 Å². The second-order valence-electron chi connectivity index (χ2n) is 3.99. The molecule has 0 aromatic heterocycles. The first kappa shape index (κ1) is 9.90. The van der Waals surface area contributed by atoms with Crippen molar-refractivity contribution < 1.29 is 8.78 Å². The van der Waals surface area contributed by atoms with Crippen LogP contribution in [0.1, 0.15) is 32.6 Å². The number of hydrogen-bond acceptors (Lipinski definition) is 1. The molecule has 0 spiro atoms. The summed E-state index contributed by atoms with van der Waals surface area (Å²) in [5.41, 5.74) is 0.168. The quantitative estimate of drug-likeness (QED) is 0.698. The summed E-state index contributed by atoms with van der Waals surface area (Å²) in [6.07, 6.45) is 0.694. The van der Waals surface area contributed by atoms with Crippen LogP contribution in [0.2, 0.25) is 0 Å². The third kappa shape index (κ3) is 3.05. The number of nitrogens with one attached hydrogen (secondary N) is 1. The number of piperidine rings is 1. The monoisotopic (exact) mass is 177 g/mol. The van der Waals surface area contributed by atoms with E-state index < -0.39 is 6.43 Å². The first-order valence-electron chi connectivity index (χ1n) is 4.61. The molecule has 1 saturated heterocycles.